The summed E-state index contributed by atoms with van der Waals surface area (Å²) in [7, 11) is 1.49. The molecule has 10 nitrogen and oxygen atoms in total. The van der Waals surface area contributed by atoms with Crippen LogP contribution in [0.1, 0.15) is 66.1 Å². The molecule has 0 bridgehead atoms. The zero-order valence-electron chi connectivity index (χ0n) is 19.6. The molecule has 1 amide bonds. The van der Waals surface area contributed by atoms with Gasteiger partial charge in [-0.25, -0.2) is 4.98 Å². The SMILES string of the molecule is CC(C)c1cnn(C(c2ccccc2Cl)C(C)c2nc(C(=O)Nc3cnoc3)c(O)c(=O)n2C)c1. The third-order valence-electron chi connectivity index (χ3n) is 5.88. The molecule has 0 radical (unpaired) electrons. The number of nitrogens with one attached hydrogen (secondary N) is 1. The number of nitrogens with zero attached hydrogens (tertiary/aromatic N) is 5. The molecule has 0 spiro atoms. The molecule has 0 aliphatic carbocycles. The lowest BCUT2D eigenvalue weighted by Gasteiger charge is -2.27. The highest BCUT2D eigenvalue weighted by atomic mass is 35.5. The van der Waals surface area contributed by atoms with Crippen molar-refractivity contribution >= 4 is 23.2 Å². The molecule has 2 N–H and O–H groups in total. The van der Waals surface area contributed by atoms with E-state index in [1.54, 1.807) is 16.9 Å². The molecule has 0 aliphatic rings. The average Bonchev–Trinajstić information content (AvgIpc) is 3.51. The van der Waals surface area contributed by atoms with Crippen LogP contribution in [-0.4, -0.2) is 35.5 Å². The minimum atomic E-state index is -0.771. The summed E-state index contributed by atoms with van der Waals surface area (Å²) in [6, 6.07) is 6.92. The van der Waals surface area contributed by atoms with E-state index in [1.807, 2.05) is 31.3 Å². The average molecular weight is 497 g/mol. The Morgan fingerprint density at radius 2 is 1.94 bits per heavy atom. The van der Waals surface area contributed by atoms with Crippen LogP contribution in [0.25, 0.3) is 0 Å². The van der Waals surface area contributed by atoms with Gasteiger partial charge in [0.15, 0.2) is 5.69 Å². The number of carbonyl (C=O) groups excluding carboxylic acids is 1. The van der Waals surface area contributed by atoms with E-state index < -0.39 is 34.9 Å². The van der Waals surface area contributed by atoms with Crippen LogP contribution in [-0.2, 0) is 7.05 Å². The highest BCUT2D eigenvalue weighted by molar-refractivity contribution is 6.31. The first-order valence-corrected chi connectivity index (χ1v) is 11.4. The molecule has 3 heterocycles. The van der Waals surface area contributed by atoms with Crippen LogP contribution in [0.4, 0.5) is 5.69 Å². The number of halogens is 1. The number of anilines is 1. The molecule has 4 rings (SSSR count). The van der Waals surface area contributed by atoms with Crippen molar-refractivity contribution < 1.29 is 14.4 Å². The fraction of sp³-hybridized carbons (Fsp3) is 0.292. The van der Waals surface area contributed by atoms with Gasteiger partial charge in [0.05, 0.1) is 18.4 Å². The molecule has 0 fully saturated rings. The van der Waals surface area contributed by atoms with Gasteiger partial charge in [0.2, 0.25) is 5.75 Å². The highest BCUT2D eigenvalue weighted by Crippen LogP contribution is 2.37. The molecule has 4 aromatic rings. The summed E-state index contributed by atoms with van der Waals surface area (Å²) in [5.74, 6) is -1.47. The Bertz CT molecular complexity index is 1410. The van der Waals surface area contributed by atoms with Crippen LogP contribution < -0.4 is 10.9 Å². The number of hydrogen-bond donors (Lipinski definition) is 2. The van der Waals surface area contributed by atoms with Crippen molar-refractivity contribution in [3.8, 4) is 5.75 Å². The van der Waals surface area contributed by atoms with Gasteiger partial charge in [0.1, 0.15) is 17.8 Å². The zero-order valence-corrected chi connectivity index (χ0v) is 20.4. The van der Waals surface area contributed by atoms with Crippen molar-refractivity contribution in [2.45, 2.75) is 38.6 Å². The van der Waals surface area contributed by atoms with E-state index in [0.29, 0.717) is 5.02 Å². The van der Waals surface area contributed by atoms with Crippen molar-refractivity contribution in [1.82, 2.24) is 24.5 Å². The quantitative estimate of drug-likeness (QED) is 0.394. The lowest BCUT2D eigenvalue weighted by molar-refractivity contribution is 0.101. The van der Waals surface area contributed by atoms with Gasteiger partial charge in [-0.2, -0.15) is 5.10 Å². The second-order valence-electron chi connectivity index (χ2n) is 8.56. The second-order valence-corrected chi connectivity index (χ2v) is 8.97. The second kappa shape index (κ2) is 9.75. The Morgan fingerprint density at radius 1 is 1.20 bits per heavy atom. The van der Waals surface area contributed by atoms with Crippen LogP contribution in [0.5, 0.6) is 5.75 Å². The predicted octanol–water partition coefficient (Wildman–Crippen LogP) is 4.09. The number of aromatic hydroxyl groups is 1. The number of hydrogen-bond acceptors (Lipinski definition) is 7. The van der Waals surface area contributed by atoms with E-state index in [2.05, 4.69) is 34.4 Å². The van der Waals surface area contributed by atoms with Crippen LogP contribution in [0, 0.1) is 0 Å². The fourth-order valence-electron chi connectivity index (χ4n) is 3.93. The van der Waals surface area contributed by atoms with Gasteiger partial charge >= 0.3 is 0 Å². The summed E-state index contributed by atoms with van der Waals surface area (Å²) < 4.78 is 7.73. The van der Waals surface area contributed by atoms with Gasteiger partial charge in [-0.1, -0.05) is 55.7 Å². The number of rotatable bonds is 7. The highest BCUT2D eigenvalue weighted by Gasteiger charge is 2.31. The molecule has 35 heavy (non-hydrogen) atoms. The summed E-state index contributed by atoms with van der Waals surface area (Å²) in [5, 5.41) is 21.6. The molecule has 0 aliphatic heterocycles. The molecular formula is C24H25ClN6O4. The van der Waals surface area contributed by atoms with Gasteiger partial charge in [0.25, 0.3) is 11.5 Å². The molecule has 2 atom stereocenters. The van der Waals surface area contributed by atoms with Gasteiger partial charge in [-0.05, 0) is 23.1 Å². The normalized spacial score (nSPS) is 13.1. The zero-order chi connectivity index (χ0) is 25.3. The first kappa shape index (κ1) is 24.2. The Hall–Kier alpha value is -3.92. The van der Waals surface area contributed by atoms with Gasteiger partial charge in [-0.15, -0.1) is 0 Å². The Labute approximate surface area is 206 Å². The monoisotopic (exact) mass is 496 g/mol. The molecule has 1 aromatic carbocycles. The summed E-state index contributed by atoms with van der Waals surface area (Å²) in [5.41, 5.74) is 0.919. The molecule has 0 saturated carbocycles. The number of carbonyl (C=O) groups is 1. The smallest absolute Gasteiger partial charge is 0.296 e. The molecule has 2 unspecified atom stereocenters. The van der Waals surface area contributed by atoms with Crippen molar-refractivity contribution in [2.24, 2.45) is 7.05 Å². The molecule has 3 aromatic heterocycles. The maximum absolute atomic E-state index is 12.9. The predicted molar refractivity (Wildman–Crippen MR) is 130 cm³/mol. The maximum atomic E-state index is 12.9. The van der Waals surface area contributed by atoms with E-state index in [0.717, 1.165) is 11.1 Å². The standard InChI is InChI=1S/C24H25ClN6O4/c1-13(2)15-9-26-31(11-15)20(17-7-5-6-8-18(17)25)14(3)22-29-19(21(32)24(34)30(22)4)23(33)28-16-10-27-35-12-16/h5-14,20,32H,1-4H3,(H,28,33). The minimum Gasteiger partial charge on any atom is -0.501 e. The fourth-order valence-corrected chi connectivity index (χ4v) is 4.18. The van der Waals surface area contributed by atoms with E-state index >= 15 is 0 Å². The van der Waals surface area contributed by atoms with E-state index in [1.165, 1.54) is 24.1 Å². The Kier molecular flexibility index (Phi) is 6.74. The van der Waals surface area contributed by atoms with Crippen LogP contribution in [0.3, 0.4) is 0 Å². The maximum Gasteiger partial charge on any atom is 0.296 e. The topological polar surface area (TPSA) is 128 Å². The third-order valence-corrected chi connectivity index (χ3v) is 6.23. The lowest BCUT2D eigenvalue weighted by Crippen LogP contribution is -2.30. The van der Waals surface area contributed by atoms with Crippen LogP contribution in [0.2, 0.25) is 5.02 Å². The van der Waals surface area contributed by atoms with E-state index in [9.17, 15) is 14.7 Å². The van der Waals surface area contributed by atoms with Gasteiger partial charge in [-0.3, -0.25) is 18.8 Å². The van der Waals surface area contributed by atoms with Crippen molar-refractivity contribution in [1.29, 1.82) is 0 Å². The Balaban J connectivity index is 1.84. The first-order chi connectivity index (χ1) is 16.7. The van der Waals surface area contributed by atoms with Crippen molar-refractivity contribution in [2.75, 3.05) is 5.32 Å². The lowest BCUT2D eigenvalue weighted by atomic mass is 9.93. The first-order valence-electron chi connectivity index (χ1n) is 11.0. The number of amides is 1. The van der Waals surface area contributed by atoms with Crippen LogP contribution in [0.15, 0.2) is 58.4 Å². The molecule has 182 valence electrons. The summed E-state index contributed by atoms with van der Waals surface area (Å²) in [4.78, 5) is 30.1. The molecule has 11 heteroatoms. The number of benzene rings is 1. The van der Waals surface area contributed by atoms with Crippen LogP contribution >= 0.6 is 11.6 Å². The van der Waals surface area contributed by atoms with Crippen molar-refractivity contribution in [3.63, 3.8) is 0 Å². The number of aromatic nitrogens is 5. The molecule has 0 saturated heterocycles. The summed E-state index contributed by atoms with van der Waals surface area (Å²) >= 11 is 6.58. The largest absolute Gasteiger partial charge is 0.501 e. The minimum absolute atomic E-state index is 0.259. The van der Waals surface area contributed by atoms with Crippen molar-refractivity contribution in [3.05, 3.63) is 87.1 Å². The van der Waals surface area contributed by atoms with E-state index in [4.69, 9.17) is 16.1 Å². The summed E-state index contributed by atoms with van der Waals surface area (Å²) in [6.45, 7) is 6.01. The molecular weight excluding hydrogens is 472 g/mol. The Morgan fingerprint density at radius 3 is 2.57 bits per heavy atom. The van der Waals surface area contributed by atoms with E-state index in [-0.39, 0.29) is 17.4 Å². The van der Waals surface area contributed by atoms with Gasteiger partial charge < -0.3 is 14.9 Å². The summed E-state index contributed by atoms with van der Waals surface area (Å²) in [6.07, 6.45) is 6.24. The van der Waals surface area contributed by atoms with Gasteiger partial charge in [0, 0.05) is 24.2 Å². The third kappa shape index (κ3) is 4.69.